The molecule has 1 amide bonds. The number of carbonyl (C=O) groups excluding carboxylic acids is 1. The first kappa shape index (κ1) is 20.1. The number of hydrogen-bond acceptors (Lipinski definition) is 5. The Hall–Kier alpha value is -3.66. The molecule has 0 aliphatic heterocycles. The number of nitriles is 1. The van der Waals surface area contributed by atoms with Crippen LogP contribution in [0.2, 0.25) is 0 Å². The zero-order chi connectivity index (χ0) is 20.8. The van der Waals surface area contributed by atoms with E-state index in [4.69, 9.17) is 14.2 Å². The molecule has 7 nitrogen and oxygen atoms in total. The first-order valence-electron chi connectivity index (χ1n) is 9.14. The third kappa shape index (κ3) is 4.27. The fourth-order valence-electron chi connectivity index (χ4n) is 3.25. The fourth-order valence-corrected chi connectivity index (χ4v) is 3.25. The van der Waals surface area contributed by atoms with Gasteiger partial charge in [-0.05, 0) is 35.2 Å². The highest BCUT2D eigenvalue weighted by Crippen LogP contribution is 2.39. The van der Waals surface area contributed by atoms with Gasteiger partial charge in [-0.1, -0.05) is 18.2 Å². The minimum atomic E-state index is -0.836. The Bertz CT molecular complexity index is 1030. The molecule has 1 atom stereocenters. The fraction of sp³-hybridized carbons (Fsp3) is 0.273. The molecule has 29 heavy (non-hydrogen) atoms. The van der Waals surface area contributed by atoms with E-state index in [9.17, 15) is 10.1 Å². The molecule has 0 saturated carbocycles. The van der Waals surface area contributed by atoms with Gasteiger partial charge >= 0.3 is 0 Å². The van der Waals surface area contributed by atoms with Gasteiger partial charge in [-0.15, -0.1) is 0 Å². The highest BCUT2D eigenvalue weighted by Gasteiger charge is 2.20. The van der Waals surface area contributed by atoms with E-state index in [0.717, 1.165) is 10.9 Å². The van der Waals surface area contributed by atoms with Crippen molar-refractivity contribution in [1.29, 1.82) is 5.26 Å². The van der Waals surface area contributed by atoms with E-state index in [0.29, 0.717) is 29.4 Å². The number of methoxy groups -OCH3 is 3. The second-order valence-electron chi connectivity index (χ2n) is 6.41. The minimum absolute atomic E-state index is 0.219. The van der Waals surface area contributed by atoms with Crippen molar-refractivity contribution in [3.05, 3.63) is 54.2 Å². The van der Waals surface area contributed by atoms with Gasteiger partial charge < -0.3 is 24.1 Å². The number of aromatic nitrogens is 1. The second kappa shape index (κ2) is 9.02. The topological polar surface area (TPSA) is 85.5 Å². The molecule has 0 bridgehead atoms. The molecule has 0 aliphatic carbocycles. The molecule has 0 fully saturated rings. The van der Waals surface area contributed by atoms with Crippen LogP contribution in [0.5, 0.6) is 17.2 Å². The molecular weight excluding hydrogens is 370 g/mol. The maximum atomic E-state index is 12.5. The summed E-state index contributed by atoms with van der Waals surface area (Å²) < 4.78 is 18.0. The van der Waals surface area contributed by atoms with Gasteiger partial charge in [-0.3, -0.25) is 4.79 Å². The number of hydrogen-bond donors (Lipinski definition) is 1. The lowest BCUT2D eigenvalue weighted by atomic mass is 10.1. The molecule has 1 N–H and O–H groups in total. The monoisotopic (exact) mass is 393 g/mol. The van der Waals surface area contributed by atoms with Crippen LogP contribution >= 0.6 is 0 Å². The number of amides is 1. The number of nitrogens with zero attached hydrogens (tertiary/aromatic N) is 2. The molecule has 1 heterocycles. The highest BCUT2D eigenvalue weighted by molar-refractivity contribution is 5.81. The summed E-state index contributed by atoms with van der Waals surface area (Å²) in [6, 6.07) is 14.6. The molecular formula is C22H23N3O4. The maximum absolute atomic E-state index is 12.5. The van der Waals surface area contributed by atoms with Gasteiger partial charge in [0, 0.05) is 24.7 Å². The first-order valence-corrected chi connectivity index (χ1v) is 9.14. The van der Waals surface area contributed by atoms with E-state index in [-0.39, 0.29) is 12.3 Å². The van der Waals surface area contributed by atoms with Crippen molar-refractivity contribution in [3.8, 4) is 23.3 Å². The number of carbonyl (C=O) groups is 1. The number of ether oxygens (including phenoxy) is 3. The van der Waals surface area contributed by atoms with Crippen LogP contribution in [0.25, 0.3) is 10.9 Å². The smallest absolute Gasteiger partial charge is 0.223 e. The Morgan fingerprint density at radius 3 is 2.41 bits per heavy atom. The van der Waals surface area contributed by atoms with Crippen molar-refractivity contribution in [2.24, 2.45) is 0 Å². The van der Waals surface area contributed by atoms with Crippen LogP contribution in [0.3, 0.4) is 0 Å². The van der Waals surface area contributed by atoms with E-state index in [1.54, 1.807) is 12.1 Å². The average molecular weight is 393 g/mol. The summed E-state index contributed by atoms with van der Waals surface area (Å²) in [5, 5.41) is 13.5. The molecule has 0 spiro atoms. The van der Waals surface area contributed by atoms with Crippen molar-refractivity contribution in [2.75, 3.05) is 21.3 Å². The standard InChI is InChI=1S/C22H23N3O4/c1-27-19-12-16(13-20(28-2)22(19)29-3)17(14-23)24-21(26)9-11-25-10-8-15-6-4-5-7-18(15)25/h4-8,10,12-13,17H,9,11H2,1-3H3,(H,24,26). The normalized spacial score (nSPS) is 11.5. The van der Waals surface area contributed by atoms with Crippen molar-refractivity contribution in [3.63, 3.8) is 0 Å². The van der Waals surface area contributed by atoms with Crippen LogP contribution in [-0.2, 0) is 11.3 Å². The van der Waals surface area contributed by atoms with E-state index < -0.39 is 6.04 Å². The highest BCUT2D eigenvalue weighted by atomic mass is 16.5. The molecule has 1 unspecified atom stereocenters. The third-order valence-electron chi connectivity index (χ3n) is 4.71. The molecule has 0 saturated heterocycles. The van der Waals surface area contributed by atoms with Crippen LogP contribution in [0.4, 0.5) is 0 Å². The minimum Gasteiger partial charge on any atom is -0.493 e. The van der Waals surface area contributed by atoms with Crippen LogP contribution < -0.4 is 19.5 Å². The summed E-state index contributed by atoms with van der Waals surface area (Å²) in [4.78, 5) is 12.5. The van der Waals surface area contributed by atoms with E-state index in [1.807, 2.05) is 41.1 Å². The molecule has 7 heteroatoms. The van der Waals surface area contributed by atoms with E-state index in [2.05, 4.69) is 11.4 Å². The van der Waals surface area contributed by atoms with Crippen molar-refractivity contribution >= 4 is 16.8 Å². The van der Waals surface area contributed by atoms with Gasteiger partial charge in [-0.2, -0.15) is 5.26 Å². The Morgan fingerprint density at radius 1 is 1.10 bits per heavy atom. The van der Waals surface area contributed by atoms with Crippen LogP contribution in [0.1, 0.15) is 18.0 Å². The Kier molecular flexibility index (Phi) is 6.25. The number of aryl methyl sites for hydroxylation is 1. The second-order valence-corrected chi connectivity index (χ2v) is 6.41. The number of rotatable bonds is 8. The number of fused-ring (bicyclic) bond motifs is 1. The first-order chi connectivity index (χ1) is 14.1. The summed E-state index contributed by atoms with van der Waals surface area (Å²) in [5.74, 6) is 1.06. The Morgan fingerprint density at radius 2 is 1.79 bits per heavy atom. The van der Waals surface area contributed by atoms with Crippen molar-refractivity contribution < 1.29 is 19.0 Å². The predicted octanol–water partition coefficient (Wildman–Crippen LogP) is 3.44. The molecule has 1 aromatic heterocycles. The predicted molar refractivity (Wildman–Crippen MR) is 109 cm³/mol. The van der Waals surface area contributed by atoms with Gasteiger partial charge in [0.25, 0.3) is 0 Å². The van der Waals surface area contributed by atoms with Gasteiger partial charge in [0.1, 0.15) is 6.04 Å². The van der Waals surface area contributed by atoms with Gasteiger partial charge in [0.05, 0.1) is 27.4 Å². The quantitative estimate of drug-likeness (QED) is 0.634. The van der Waals surface area contributed by atoms with Gasteiger partial charge in [0.15, 0.2) is 11.5 Å². The summed E-state index contributed by atoms with van der Waals surface area (Å²) in [6.07, 6.45) is 2.21. The Labute approximate surface area is 169 Å². The van der Waals surface area contributed by atoms with Gasteiger partial charge in [-0.25, -0.2) is 0 Å². The molecule has 3 aromatic rings. The average Bonchev–Trinajstić information content (AvgIpc) is 3.18. The van der Waals surface area contributed by atoms with E-state index >= 15 is 0 Å². The molecule has 0 aliphatic rings. The summed E-state index contributed by atoms with van der Waals surface area (Å²) in [6.45, 7) is 0.521. The van der Waals surface area contributed by atoms with Crippen LogP contribution in [-0.4, -0.2) is 31.8 Å². The lowest BCUT2D eigenvalue weighted by Gasteiger charge is -2.17. The van der Waals surface area contributed by atoms with Crippen molar-refractivity contribution in [2.45, 2.75) is 19.0 Å². The zero-order valence-corrected chi connectivity index (χ0v) is 16.6. The molecule has 3 rings (SSSR count). The molecule has 2 aromatic carbocycles. The zero-order valence-electron chi connectivity index (χ0n) is 16.6. The number of para-hydroxylation sites is 1. The molecule has 150 valence electrons. The largest absolute Gasteiger partial charge is 0.493 e. The Balaban J connectivity index is 1.72. The molecule has 0 radical (unpaired) electrons. The third-order valence-corrected chi connectivity index (χ3v) is 4.71. The summed E-state index contributed by atoms with van der Waals surface area (Å²) >= 11 is 0. The van der Waals surface area contributed by atoms with Crippen molar-refractivity contribution in [1.82, 2.24) is 9.88 Å². The van der Waals surface area contributed by atoms with E-state index in [1.165, 1.54) is 21.3 Å². The number of benzene rings is 2. The van der Waals surface area contributed by atoms with Crippen LogP contribution in [0.15, 0.2) is 48.7 Å². The summed E-state index contributed by atoms with van der Waals surface area (Å²) in [7, 11) is 4.51. The number of nitrogens with one attached hydrogen (secondary N) is 1. The summed E-state index contributed by atoms with van der Waals surface area (Å²) in [5.41, 5.74) is 1.63. The van der Waals surface area contributed by atoms with Crippen LogP contribution in [0, 0.1) is 11.3 Å². The van der Waals surface area contributed by atoms with Gasteiger partial charge in [0.2, 0.25) is 11.7 Å². The lowest BCUT2D eigenvalue weighted by molar-refractivity contribution is -0.121. The maximum Gasteiger partial charge on any atom is 0.223 e. The lowest BCUT2D eigenvalue weighted by Crippen LogP contribution is -2.28. The SMILES string of the molecule is COc1cc(C(C#N)NC(=O)CCn2ccc3ccccc32)cc(OC)c1OC.